The van der Waals surface area contributed by atoms with Crippen LogP contribution in [0.15, 0.2) is 14.1 Å². The average molecular weight is 342 g/mol. The highest BCUT2D eigenvalue weighted by Crippen LogP contribution is 2.32. The minimum absolute atomic E-state index is 0.128. The van der Waals surface area contributed by atoms with Crippen molar-refractivity contribution in [1.29, 1.82) is 0 Å². The van der Waals surface area contributed by atoms with Gasteiger partial charge in [0.15, 0.2) is 0 Å². The van der Waals surface area contributed by atoms with Gasteiger partial charge in [-0.15, -0.1) is 11.3 Å². The molecule has 0 atom stereocenters. The molecule has 0 bridgehead atoms. The Bertz CT molecular complexity index is 504. The van der Waals surface area contributed by atoms with Crippen LogP contribution in [0.3, 0.4) is 0 Å². The summed E-state index contributed by atoms with van der Waals surface area (Å²) in [6.07, 6.45) is 0. The van der Waals surface area contributed by atoms with Crippen molar-refractivity contribution in [2.24, 2.45) is 0 Å². The number of rotatable bonds is 5. The highest BCUT2D eigenvalue weighted by Gasteiger charge is 2.27. The number of sulfonamides is 1. The van der Waals surface area contributed by atoms with Gasteiger partial charge in [-0.1, -0.05) is 6.92 Å². The number of aliphatic carboxylic acids is 1. The molecule has 0 aliphatic carbocycles. The molecule has 0 saturated carbocycles. The highest BCUT2D eigenvalue weighted by atomic mass is 79.9. The second kappa shape index (κ2) is 5.47. The van der Waals surface area contributed by atoms with E-state index in [4.69, 9.17) is 5.11 Å². The van der Waals surface area contributed by atoms with Crippen LogP contribution in [0.2, 0.25) is 0 Å². The van der Waals surface area contributed by atoms with Crippen molar-refractivity contribution >= 4 is 43.3 Å². The van der Waals surface area contributed by atoms with Crippen molar-refractivity contribution in [2.45, 2.75) is 18.1 Å². The molecule has 1 N–H and O–H groups in total. The molecule has 1 aromatic heterocycles. The molecule has 1 heterocycles. The Morgan fingerprint density at radius 1 is 1.59 bits per heavy atom. The fourth-order valence-electron chi connectivity index (χ4n) is 1.20. The lowest BCUT2D eigenvalue weighted by Crippen LogP contribution is -2.35. The number of carboxylic acid groups (broad SMARTS) is 1. The number of thiophene rings is 1. The summed E-state index contributed by atoms with van der Waals surface area (Å²) in [5.74, 6) is -1.16. The first-order valence-electron chi connectivity index (χ1n) is 4.77. The summed E-state index contributed by atoms with van der Waals surface area (Å²) >= 11 is 4.34. The molecule has 0 aliphatic heterocycles. The van der Waals surface area contributed by atoms with Gasteiger partial charge in [0.2, 0.25) is 0 Å². The maximum absolute atomic E-state index is 12.1. The van der Waals surface area contributed by atoms with Crippen molar-refractivity contribution in [2.75, 3.05) is 13.1 Å². The quantitative estimate of drug-likeness (QED) is 0.887. The normalized spacial score (nSPS) is 12.0. The summed E-state index contributed by atoms with van der Waals surface area (Å²) in [5, 5.41) is 8.67. The SMILES string of the molecule is CCN(CC(=O)O)S(=O)(=O)c1cc(C)c(Br)s1. The van der Waals surface area contributed by atoms with Gasteiger partial charge >= 0.3 is 5.97 Å². The van der Waals surface area contributed by atoms with Gasteiger partial charge in [-0.2, -0.15) is 4.31 Å². The second-order valence-corrected chi connectivity index (χ2v) is 7.88. The van der Waals surface area contributed by atoms with Crippen molar-refractivity contribution in [3.63, 3.8) is 0 Å². The maximum Gasteiger partial charge on any atom is 0.318 e. The summed E-state index contributed by atoms with van der Waals surface area (Å²) in [5.41, 5.74) is 0.819. The summed E-state index contributed by atoms with van der Waals surface area (Å²) < 4.78 is 26.1. The van der Waals surface area contributed by atoms with Gasteiger partial charge in [-0.25, -0.2) is 8.42 Å². The lowest BCUT2D eigenvalue weighted by Gasteiger charge is -2.16. The summed E-state index contributed by atoms with van der Waals surface area (Å²) in [6.45, 7) is 3.00. The molecule has 0 amide bonds. The number of hydrogen-bond donors (Lipinski definition) is 1. The molecule has 1 aromatic rings. The predicted molar refractivity (Wildman–Crippen MR) is 68.8 cm³/mol. The Morgan fingerprint density at radius 3 is 2.53 bits per heavy atom. The number of likely N-dealkylation sites (N-methyl/N-ethyl adjacent to an activating group) is 1. The van der Waals surface area contributed by atoms with E-state index in [1.165, 1.54) is 6.07 Å². The molecule has 0 spiro atoms. The van der Waals surface area contributed by atoms with Crippen LogP contribution in [0.1, 0.15) is 12.5 Å². The van der Waals surface area contributed by atoms with Crippen LogP contribution in [-0.4, -0.2) is 36.9 Å². The molecule has 8 heteroatoms. The van der Waals surface area contributed by atoms with Crippen LogP contribution in [0, 0.1) is 6.92 Å². The Morgan fingerprint density at radius 2 is 2.18 bits per heavy atom. The topological polar surface area (TPSA) is 74.7 Å². The molecule has 0 aliphatic rings. The molecule has 0 aromatic carbocycles. The smallest absolute Gasteiger partial charge is 0.318 e. The molecule has 5 nitrogen and oxygen atoms in total. The average Bonchev–Trinajstić information content (AvgIpc) is 2.56. The van der Waals surface area contributed by atoms with E-state index in [9.17, 15) is 13.2 Å². The molecule has 17 heavy (non-hydrogen) atoms. The molecule has 1 rings (SSSR count). The van der Waals surface area contributed by atoms with Crippen molar-refractivity contribution in [3.8, 4) is 0 Å². The molecule has 0 saturated heterocycles. The fraction of sp³-hybridized carbons (Fsp3) is 0.444. The monoisotopic (exact) mass is 341 g/mol. The van der Waals surface area contributed by atoms with Crippen molar-refractivity contribution < 1.29 is 18.3 Å². The molecule has 96 valence electrons. The van der Waals surface area contributed by atoms with Crippen LogP contribution < -0.4 is 0 Å². The van der Waals surface area contributed by atoms with Gasteiger partial charge < -0.3 is 5.11 Å². The third kappa shape index (κ3) is 3.27. The Labute approximate surface area is 112 Å². The molecular formula is C9H12BrNO4S2. The van der Waals surface area contributed by atoms with Gasteiger partial charge in [0, 0.05) is 6.54 Å². The van der Waals surface area contributed by atoms with Gasteiger partial charge in [0.05, 0.1) is 3.79 Å². The zero-order valence-corrected chi connectivity index (χ0v) is 12.5. The van der Waals surface area contributed by atoms with Gasteiger partial charge in [0.25, 0.3) is 10.0 Å². The highest BCUT2D eigenvalue weighted by molar-refractivity contribution is 9.11. The van der Waals surface area contributed by atoms with E-state index >= 15 is 0 Å². The summed E-state index contributed by atoms with van der Waals surface area (Å²) in [6, 6.07) is 1.54. The Hall–Kier alpha value is -0.440. The van der Waals surface area contributed by atoms with Crippen molar-refractivity contribution in [1.82, 2.24) is 4.31 Å². The summed E-state index contributed by atoms with van der Waals surface area (Å²) in [4.78, 5) is 10.6. The van der Waals surface area contributed by atoms with E-state index in [1.54, 1.807) is 13.8 Å². The Balaban J connectivity index is 3.12. The van der Waals surface area contributed by atoms with Crippen LogP contribution >= 0.6 is 27.3 Å². The van der Waals surface area contributed by atoms with E-state index < -0.39 is 22.5 Å². The number of nitrogens with zero attached hydrogens (tertiary/aromatic N) is 1. The molecule has 0 radical (unpaired) electrons. The first-order chi connectivity index (χ1) is 7.78. The van der Waals surface area contributed by atoms with Gasteiger partial charge in [-0.05, 0) is 34.5 Å². The third-order valence-corrected chi connectivity index (χ3v) is 6.60. The zero-order chi connectivity index (χ0) is 13.2. The first kappa shape index (κ1) is 14.6. The fourth-order valence-corrected chi connectivity index (χ4v) is 4.98. The van der Waals surface area contributed by atoms with Gasteiger partial charge in [0.1, 0.15) is 10.8 Å². The number of carbonyl (C=O) groups is 1. The van der Waals surface area contributed by atoms with Crippen LogP contribution in [-0.2, 0) is 14.8 Å². The Kier molecular flexibility index (Phi) is 4.70. The van der Waals surface area contributed by atoms with Crippen molar-refractivity contribution in [3.05, 3.63) is 15.4 Å². The third-order valence-electron chi connectivity index (χ3n) is 2.09. The predicted octanol–water partition coefficient (Wildman–Crippen LogP) is 1.91. The summed E-state index contributed by atoms with van der Waals surface area (Å²) in [7, 11) is -3.71. The maximum atomic E-state index is 12.1. The van der Waals surface area contributed by atoms with E-state index in [-0.39, 0.29) is 10.8 Å². The number of carboxylic acids is 1. The largest absolute Gasteiger partial charge is 0.480 e. The standard InChI is InChI=1S/C9H12BrNO4S2/c1-3-11(5-7(12)13)17(14,15)8-4-6(2)9(10)16-8/h4H,3,5H2,1-2H3,(H,12,13). The number of aryl methyl sites for hydroxylation is 1. The molecule has 0 unspecified atom stereocenters. The van der Waals surface area contributed by atoms with E-state index in [0.29, 0.717) is 0 Å². The van der Waals surface area contributed by atoms with Crippen LogP contribution in [0.25, 0.3) is 0 Å². The van der Waals surface area contributed by atoms with E-state index in [0.717, 1.165) is 25.0 Å². The second-order valence-electron chi connectivity index (χ2n) is 3.35. The lowest BCUT2D eigenvalue weighted by molar-refractivity contribution is -0.137. The molecular weight excluding hydrogens is 330 g/mol. The van der Waals surface area contributed by atoms with Crippen LogP contribution in [0.5, 0.6) is 0 Å². The zero-order valence-electron chi connectivity index (χ0n) is 9.31. The minimum atomic E-state index is -3.71. The van der Waals surface area contributed by atoms with E-state index in [1.807, 2.05) is 0 Å². The van der Waals surface area contributed by atoms with Crippen LogP contribution in [0.4, 0.5) is 0 Å². The minimum Gasteiger partial charge on any atom is -0.480 e. The van der Waals surface area contributed by atoms with Gasteiger partial charge in [-0.3, -0.25) is 4.79 Å². The first-order valence-corrected chi connectivity index (χ1v) is 7.82. The van der Waals surface area contributed by atoms with E-state index in [2.05, 4.69) is 15.9 Å². The number of hydrogen-bond acceptors (Lipinski definition) is 4. The number of halogens is 1. The molecule has 0 fully saturated rings. The lowest BCUT2D eigenvalue weighted by atomic mass is 10.4.